The average Bonchev–Trinajstić information content (AvgIpc) is 3.49. The van der Waals surface area contributed by atoms with Crippen molar-refractivity contribution in [1.29, 1.82) is 0 Å². The van der Waals surface area contributed by atoms with E-state index in [2.05, 4.69) is 25.3 Å². The molecule has 42 heavy (non-hydrogen) atoms. The molecule has 1 aliphatic carbocycles. The zero-order chi connectivity index (χ0) is 29.9. The number of halogens is 4. The molecule has 1 saturated heterocycles. The van der Waals surface area contributed by atoms with Crippen molar-refractivity contribution in [2.75, 3.05) is 10.2 Å². The van der Waals surface area contributed by atoms with Crippen molar-refractivity contribution in [1.82, 2.24) is 19.9 Å². The fourth-order valence-corrected chi connectivity index (χ4v) is 5.55. The van der Waals surface area contributed by atoms with Crippen LogP contribution in [0.3, 0.4) is 0 Å². The number of aromatic amines is 2. The summed E-state index contributed by atoms with van der Waals surface area (Å²) in [6.07, 6.45) is 5.40. The van der Waals surface area contributed by atoms with Crippen LogP contribution >= 0.6 is 0 Å². The Hall–Kier alpha value is -5.07. The molecular weight excluding hydrogens is 556 g/mol. The fraction of sp³-hybridized carbons (Fsp3) is 0.207. The molecule has 3 N–H and O–H groups in total. The number of anilines is 2. The van der Waals surface area contributed by atoms with E-state index in [1.54, 1.807) is 19.1 Å². The van der Waals surface area contributed by atoms with E-state index in [-0.39, 0.29) is 28.7 Å². The van der Waals surface area contributed by atoms with E-state index in [9.17, 15) is 31.9 Å². The van der Waals surface area contributed by atoms with Crippen LogP contribution in [0.25, 0.3) is 17.5 Å². The molecular formula is C29H22F4N6O3. The SMILES string of the molecule is CC(Cc1c(F)c(F)cc(F)c1F)Nc1cc[nH]c(=O)c1-c1nc2c([nH]1)C(C)C1C(=O)N(c3cccnc3)C(=O)C1=C2. The Morgan fingerprint density at radius 2 is 1.83 bits per heavy atom. The molecule has 9 nitrogen and oxygen atoms in total. The van der Waals surface area contributed by atoms with Gasteiger partial charge in [-0.1, -0.05) is 6.92 Å². The van der Waals surface area contributed by atoms with Crippen molar-refractivity contribution in [3.05, 3.63) is 99.0 Å². The Kier molecular flexibility index (Phi) is 6.51. The highest BCUT2D eigenvalue weighted by atomic mass is 19.2. The van der Waals surface area contributed by atoms with E-state index in [1.807, 2.05) is 0 Å². The van der Waals surface area contributed by atoms with Crippen molar-refractivity contribution in [3.63, 3.8) is 0 Å². The molecule has 0 spiro atoms. The number of fused-ring (bicyclic) bond motifs is 2. The molecule has 1 aromatic carbocycles. The highest BCUT2D eigenvalue weighted by Crippen LogP contribution is 2.44. The average molecular weight is 579 g/mol. The first-order valence-electron chi connectivity index (χ1n) is 13.0. The third-order valence-corrected chi connectivity index (χ3v) is 7.50. The van der Waals surface area contributed by atoms with Gasteiger partial charge in [0.25, 0.3) is 11.5 Å². The van der Waals surface area contributed by atoms with Gasteiger partial charge in [0, 0.05) is 47.3 Å². The number of hydrogen-bond donors (Lipinski definition) is 3. The summed E-state index contributed by atoms with van der Waals surface area (Å²) in [4.78, 5) is 54.9. The standard InChI is InChI=1S/C29H22F4N6O3/c1-12(8-16-23(32)17(30)10-18(31)24(16)33)36-19-5-7-35-27(40)22(19)26-37-20-9-15-21(13(2)25(20)38-26)29(42)39(28(15)41)14-4-3-6-34-11-14/h3-7,9-13,21H,8H2,1-2H3,(H,37,38)(H2,35,36,40). The monoisotopic (exact) mass is 578 g/mol. The maximum Gasteiger partial charge on any atom is 0.261 e. The predicted molar refractivity (Wildman–Crippen MR) is 144 cm³/mol. The molecule has 2 amide bonds. The van der Waals surface area contributed by atoms with Crippen molar-refractivity contribution < 1.29 is 27.2 Å². The molecule has 1 aliphatic heterocycles. The van der Waals surface area contributed by atoms with Gasteiger partial charge in [-0.2, -0.15) is 0 Å². The van der Waals surface area contributed by atoms with Gasteiger partial charge in [0.05, 0.1) is 29.2 Å². The molecule has 3 aromatic heterocycles. The Morgan fingerprint density at radius 1 is 1.10 bits per heavy atom. The van der Waals surface area contributed by atoms with Crippen molar-refractivity contribution in [2.24, 2.45) is 5.92 Å². The van der Waals surface area contributed by atoms with E-state index in [0.717, 1.165) is 4.90 Å². The van der Waals surface area contributed by atoms with Crippen LogP contribution in [0.5, 0.6) is 0 Å². The molecule has 3 atom stereocenters. The van der Waals surface area contributed by atoms with Gasteiger partial charge < -0.3 is 15.3 Å². The molecule has 0 radical (unpaired) electrons. The highest BCUT2D eigenvalue weighted by Gasteiger charge is 2.50. The number of aromatic nitrogens is 4. The quantitative estimate of drug-likeness (QED) is 0.177. The fourth-order valence-electron chi connectivity index (χ4n) is 5.55. The number of nitrogens with zero attached hydrogens (tertiary/aromatic N) is 3. The topological polar surface area (TPSA) is 124 Å². The lowest BCUT2D eigenvalue weighted by molar-refractivity contribution is -0.122. The smallest absolute Gasteiger partial charge is 0.261 e. The highest BCUT2D eigenvalue weighted by molar-refractivity contribution is 6.31. The van der Waals surface area contributed by atoms with Gasteiger partial charge in [-0.05, 0) is 37.6 Å². The van der Waals surface area contributed by atoms with Crippen molar-refractivity contribution in [3.8, 4) is 11.4 Å². The Balaban J connectivity index is 1.33. The predicted octanol–water partition coefficient (Wildman–Crippen LogP) is 4.45. The lowest BCUT2D eigenvalue weighted by atomic mass is 9.81. The van der Waals surface area contributed by atoms with Crippen LogP contribution in [0.1, 0.15) is 36.7 Å². The van der Waals surface area contributed by atoms with Crippen LogP contribution in [0.15, 0.2) is 53.2 Å². The second kappa shape index (κ2) is 10.1. The van der Waals surface area contributed by atoms with E-state index in [4.69, 9.17) is 0 Å². The van der Waals surface area contributed by atoms with E-state index >= 15 is 0 Å². The minimum atomic E-state index is -1.51. The molecule has 3 unspecified atom stereocenters. The summed E-state index contributed by atoms with van der Waals surface area (Å²) < 4.78 is 55.9. The van der Waals surface area contributed by atoms with Gasteiger partial charge in [-0.25, -0.2) is 27.4 Å². The van der Waals surface area contributed by atoms with Crippen LogP contribution in [0.4, 0.5) is 28.9 Å². The number of nitrogens with one attached hydrogen (secondary N) is 3. The second-order valence-electron chi connectivity index (χ2n) is 10.2. The Bertz CT molecular complexity index is 1830. The lowest BCUT2D eigenvalue weighted by Gasteiger charge is -2.21. The number of carbonyl (C=O) groups excluding carboxylic acids is 2. The van der Waals surface area contributed by atoms with Gasteiger partial charge >= 0.3 is 0 Å². The maximum absolute atomic E-state index is 14.3. The molecule has 1 fully saturated rings. The summed E-state index contributed by atoms with van der Waals surface area (Å²) in [5.74, 6) is -8.05. The summed E-state index contributed by atoms with van der Waals surface area (Å²) in [6, 6.07) is 4.10. The van der Waals surface area contributed by atoms with Gasteiger partial charge in [0.1, 0.15) is 11.4 Å². The minimum Gasteiger partial charge on any atom is -0.381 e. The molecule has 13 heteroatoms. The molecule has 4 aromatic rings. The molecule has 0 bridgehead atoms. The summed E-state index contributed by atoms with van der Waals surface area (Å²) in [7, 11) is 0. The molecule has 6 rings (SSSR count). The Morgan fingerprint density at radius 3 is 2.52 bits per heavy atom. The van der Waals surface area contributed by atoms with E-state index in [0.29, 0.717) is 17.1 Å². The zero-order valence-electron chi connectivity index (χ0n) is 22.1. The number of pyridine rings is 2. The summed E-state index contributed by atoms with van der Waals surface area (Å²) in [5.41, 5.74) is 0.489. The van der Waals surface area contributed by atoms with Crippen molar-refractivity contribution >= 4 is 29.3 Å². The van der Waals surface area contributed by atoms with Gasteiger partial charge in [0.2, 0.25) is 5.91 Å². The molecule has 214 valence electrons. The van der Waals surface area contributed by atoms with Gasteiger partial charge in [-0.3, -0.25) is 19.4 Å². The number of carbonyl (C=O) groups is 2. The summed E-state index contributed by atoms with van der Waals surface area (Å²) in [5, 5.41) is 2.97. The van der Waals surface area contributed by atoms with Gasteiger partial charge in [-0.15, -0.1) is 0 Å². The number of H-pyrrole nitrogens is 2. The summed E-state index contributed by atoms with van der Waals surface area (Å²) >= 11 is 0. The number of benzene rings is 1. The number of amides is 2. The second-order valence-corrected chi connectivity index (χ2v) is 10.2. The third kappa shape index (κ3) is 4.28. The zero-order valence-corrected chi connectivity index (χ0v) is 22.1. The number of imide groups is 1. The molecule has 4 heterocycles. The Labute approximate surface area is 235 Å². The lowest BCUT2D eigenvalue weighted by Crippen LogP contribution is -2.31. The van der Waals surface area contributed by atoms with Gasteiger partial charge in [0.15, 0.2) is 23.3 Å². The number of hydrogen-bond acceptors (Lipinski definition) is 6. The third-order valence-electron chi connectivity index (χ3n) is 7.50. The maximum atomic E-state index is 14.3. The van der Waals surface area contributed by atoms with Crippen LogP contribution < -0.4 is 15.8 Å². The number of imidazole rings is 1. The van der Waals surface area contributed by atoms with E-state index in [1.165, 1.54) is 37.7 Å². The van der Waals surface area contributed by atoms with Crippen LogP contribution in [-0.4, -0.2) is 37.8 Å². The normalized spacial score (nSPS) is 18.5. The van der Waals surface area contributed by atoms with Crippen LogP contribution in [-0.2, 0) is 16.0 Å². The first kappa shape index (κ1) is 27.1. The number of rotatable bonds is 6. The van der Waals surface area contributed by atoms with E-state index < -0.39 is 70.5 Å². The first-order chi connectivity index (χ1) is 20.1. The molecule has 2 aliphatic rings. The van der Waals surface area contributed by atoms with Crippen molar-refractivity contribution in [2.45, 2.75) is 32.2 Å². The molecule has 0 saturated carbocycles. The minimum absolute atomic E-state index is 0.0514. The van der Waals surface area contributed by atoms with Crippen LogP contribution in [0.2, 0.25) is 0 Å². The van der Waals surface area contributed by atoms with Crippen LogP contribution in [0, 0.1) is 29.2 Å². The first-order valence-corrected chi connectivity index (χ1v) is 13.0. The summed E-state index contributed by atoms with van der Waals surface area (Å²) in [6.45, 7) is 3.30. The largest absolute Gasteiger partial charge is 0.381 e.